The van der Waals surface area contributed by atoms with Crippen LogP contribution in [0.5, 0.6) is 0 Å². The standard InChI is InChI=1S/C27H23F3N2O3S3/c28-27(29,30)21-9-3-6-19(16-21)7-5-14-38(34,35)15-13-36-26-23(10-4-12-31-26)32-25(33)18-22-17-20-8-1-2-11-24(20)37-22/h1-12,16-17H,13-15,18H2,(H,32,33). The maximum Gasteiger partial charge on any atom is 0.416 e. The fourth-order valence-corrected chi connectivity index (χ4v) is 7.15. The lowest BCUT2D eigenvalue weighted by Gasteiger charge is -2.09. The zero-order chi connectivity index (χ0) is 27.2. The summed E-state index contributed by atoms with van der Waals surface area (Å²) in [6, 6.07) is 18.0. The Hall–Kier alpha value is -3.15. The van der Waals surface area contributed by atoms with Gasteiger partial charge in [-0.2, -0.15) is 13.2 Å². The molecule has 0 saturated carbocycles. The molecule has 0 bridgehead atoms. The van der Waals surface area contributed by atoms with Crippen LogP contribution in [0.25, 0.3) is 16.2 Å². The SMILES string of the molecule is O=C(Cc1cc2ccccc2s1)Nc1cccnc1SCCS(=O)(=O)CC=Cc1cccc(C(F)(F)F)c1. The largest absolute Gasteiger partial charge is 0.416 e. The number of pyridine rings is 1. The van der Waals surface area contributed by atoms with Crippen molar-refractivity contribution in [1.82, 2.24) is 4.98 Å². The third-order valence-corrected chi connectivity index (χ3v) is 9.27. The number of thiophene rings is 1. The molecule has 0 aliphatic heterocycles. The van der Waals surface area contributed by atoms with Crippen LogP contribution in [0, 0.1) is 0 Å². The van der Waals surface area contributed by atoms with E-state index in [0.29, 0.717) is 10.7 Å². The van der Waals surface area contributed by atoms with Crippen LogP contribution in [-0.2, 0) is 27.2 Å². The zero-order valence-corrected chi connectivity index (χ0v) is 22.4. The summed E-state index contributed by atoms with van der Waals surface area (Å²) in [4.78, 5) is 17.9. The number of thioether (sulfide) groups is 1. The minimum Gasteiger partial charge on any atom is -0.323 e. The van der Waals surface area contributed by atoms with Gasteiger partial charge in [0, 0.05) is 21.5 Å². The van der Waals surface area contributed by atoms with Crippen molar-refractivity contribution >= 4 is 60.7 Å². The van der Waals surface area contributed by atoms with Crippen molar-refractivity contribution in [3.8, 4) is 0 Å². The molecule has 38 heavy (non-hydrogen) atoms. The number of sulfone groups is 1. The number of hydrogen-bond donors (Lipinski definition) is 1. The average Bonchev–Trinajstić information content (AvgIpc) is 3.26. The van der Waals surface area contributed by atoms with E-state index < -0.39 is 21.6 Å². The first-order valence-electron chi connectivity index (χ1n) is 11.5. The summed E-state index contributed by atoms with van der Waals surface area (Å²) in [6.07, 6.45) is 0.0234. The minimum atomic E-state index is -4.46. The van der Waals surface area contributed by atoms with Crippen molar-refractivity contribution in [3.05, 3.63) is 95.0 Å². The molecule has 1 N–H and O–H groups in total. The number of anilines is 1. The van der Waals surface area contributed by atoms with Gasteiger partial charge in [-0.3, -0.25) is 4.79 Å². The molecule has 0 atom stereocenters. The molecule has 0 fully saturated rings. The van der Waals surface area contributed by atoms with Gasteiger partial charge in [0.15, 0.2) is 9.84 Å². The fraction of sp³-hybridized carbons (Fsp3) is 0.185. The van der Waals surface area contributed by atoms with Crippen LogP contribution in [0.15, 0.2) is 84.0 Å². The third-order valence-electron chi connectivity index (χ3n) is 5.36. The lowest BCUT2D eigenvalue weighted by molar-refractivity contribution is -0.137. The number of alkyl halides is 3. The number of nitrogens with one attached hydrogen (secondary N) is 1. The first-order chi connectivity index (χ1) is 18.1. The maximum absolute atomic E-state index is 12.8. The molecule has 4 rings (SSSR count). The topological polar surface area (TPSA) is 76.1 Å². The molecule has 11 heteroatoms. The number of carbonyl (C=O) groups excluding carboxylic acids is 1. The van der Waals surface area contributed by atoms with E-state index in [4.69, 9.17) is 0 Å². The molecule has 4 aromatic rings. The summed E-state index contributed by atoms with van der Waals surface area (Å²) in [7, 11) is -3.49. The molecule has 198 valence electrons. The molecule has 2 heterocycles. The van der Waals surface area contributed by atoms with E-state index in [1.807, 2.05) is 30.3 Å². The second kappa shape index (κ2) is 12.1. The lowest BCUT2D eigenvalue weighted by Crippen LogP contribution is -2.15. The van der Waals surface area contributed by atoms with Crippen LogP contribution < -0.4 is 5.32 Å². The van der Waals surface area contributed by atoms with E-state index in [1.165, 1.54) is 36.0 Å². The number of hydrogen-bond acceptors (Lipinski definition) is 6. The van der Waals surface area contributed by atoms with Crippen LogP contribution in [0.3, 0.4) is 0 Å². The van der Waals surface area contributed by atoms with Gasteiger partial charge in [0.1, 0.15) is 5.03 Å². The predicted octanol–water partition coefficient (Wildman–Crippen LogP) is 6.72. The Morgan fingerprint density at radius 2 is 1.87 bits per heavy atom. The number of nitrogens with zero attached hydrogens (tertiary/aromatic N) is 1. The van der Waals surface area contributed by atoms with Gasteiger partial charge < -0.3 is 5.32 Å². The quantitative estimate of drug-likeness (QED) is 0.212. The van der Waals surface area contributed by atoms with Crippen LogP contribution in [0.2, 0.25) is 0 Å². The Kier molecular flexibility index (Phi) is 8.91. The van der Waals surface area contributed by atoms with Gasteiger partial charge in [-0.25, -0.2) is 13.4 Å². The number of carbonyl (C=O) groups is 1. The highest BCUT2D eigenvalue weighted by atomic mass is 32.2. The Bertz CT molecular complexity index is 1530. The van der Waals surface area contributed by atoms with Crippen LogP contribution in [-0.4, -0.2) is 36.6 Å². The number of halogens is 3. The van der Waals surface area contributed by atoms with Gasteiger partial charge in [0.2, 0.25) is 5.91 Å². The highest BCUT2D eigenvalue weighted by molar-refractivity contribution is 8.00. The molecule has 0 saturated heterocycles. The molecule has 0 aliphatic rings. The molecule has 0 aliphatic carbocycles. The van der Waals surface area contributed by atoms with Crippen molar-refractivity contribution in [2.75, 3.05) is 22.6 Å². The zero-order valence-electron chi connectivity index (χ0n) is 19.9. The summed E-state index contributed by atoms with van der Waals surface area (Å²) in [5, 5.41) is 4.46. The normalized spacial score (nSPS) is 12.3. The Balaban J connectivity index is 1.30. The van der Waals surface area contributed by atoms with E-state index in [1.54, 1.807) is 29.7 Å². The van der Waals surface area contributed by atoms with Gasteiger partial charge in [0.25, 0.3) is 0 Å². The number of fused-ring (bicyclic) bond motifs is 1. The molecule has 0 unspecified atom stereocenters. The maximum atomic E-state index is 12.8. The van der Waals surface area contributed by atoms with Crippen molar-refractivity contribution < 1.29 is 26.4 Å². The monoisotopic (exact) mass is 576 g/mol. The van der Waals surface area contributed by atoms with Gasteiger partial charge in [-0.05, 0) is 47.3 Å². The van der Waals surface area contributed by atoms with Crippen molar-refractivity contribution in [3.63, 3.8) is 0 Å². The number of aromatic nitrogens is 1. The number of amides is 1. The van der Waals surface area contributed by atoms with Crippen molar-refractivity contribution in [2.24, 2.45) is 0 Å². The van der Waals surface area contributed by atoms with Gasteiger partial charge in [-0.1, -0.05) is 42.5 Å². The molecule has 2 aromatic carbocycles. The molecular weight excluding hydrogens is 554 g/mol. The minimum absolute atomic E-state index is 0.156. The molecule has 5 nitrogen and oxygen atoms in total. The predicted molar refractivity (Wildman–Crippen MR) is 148 cm³/mol. The summed E-state index contributed by atoms with van der Waals surface area (Å²) in [5.41, 5.74) is -0.0136. The van der Waals surface area contributed by atoms with E-state index in [2.05, 4.69) is 10.3 Å². The van der Waals surface area contributed by atoms with E-state index in [-0.39, 0.29) is 35.2 Å². The molecular formula is C27H23F3N2O3S3. The second-order valence-corrected chi connectivity index (χ2v) is 12.8. The molecule has 0 radical (unpaired) electrons. The fourth-order valence-electron chi connectivity index (χ4n) is 3.58. The summed E-state index contributed by atoms with van der Waals surface area (Å²) < 4.78 is 64.5. The number of benzene rings is 2. The molecule has 0 spiro atoms. The highest BCUT2D eigenvalue weighted by Gasteiger charge is 2.30. The smallest absolute Gasteiger partial charge is 0.323 e. The number of rotatable bonds is 10. The highest BCUT2D eigenvalue weighted by Crippen LogP contribution is 2.30. The summed E-state index contributed by atoms with van der Waals surface area (Å²) in [5.74, 6) is -0.449. The Labute approximate surface area is 226 Å². The molecule has 1 amide bonds. The first-order valence-corrected chi connectivity index (χ1v) is 15.1. The Morgan fingerprint density at radius 1 is 1.05 bits per heavy atom. The third kappa shape index (κ3) is 7.92. The first kappa shape index (κ1) is 27.9. The van der Waals surface area contributed by atoms with E-state index in [9.17, 15) is 26.4 Å². The molecule has 2 aromatic heterocycles. The van der Waals surface area contributed by atoms with Crippen molar-refractivity contribution in [2.45, 2.75) is 17.6 Å². The summed E-state index contributed by atoms with van der Waals surface area (Å²) in [6.45, 7) is 0. The Morgan fingerprint density at radius 3 is 2.66 bits per heavy atom. The van der Waals surface area contributed by atoms with Crippen molar-refractivity contribution in [1.29, 1.82) is 0 Å². The van der Waals surface area contributed by atoms with Gasteiger partial charge in [-0.15, -0.1) is 23.1 Å². The van der Waals surface area contributed by atoms with E-state index in [0.717, 1.165) is 27.1 Å². The van der Waals surface area contributed by atoms with Crippen LogP contribution >= 0.6 is 23.1 Å². The summed E-state index contributed by atoms with van der Waals surface area (Å²) >= 11 is 2.77. The van der Waals surface area contributed by atoms with Crippen LogP contribution in [0.4, 0.5) is 18.9 Å². The van der Waals surface area contributed by atoms with Gasteiger partial charge >= 0.3 is 6.18 Å². The van der Waals surface area contributed by atoms with Crippen LogP contribution in [0.1, 0.15) is 16.0 Å². The van der Waals surface area contributed by atoms with Gasteiger partial charge in [0.05, 0.1) is 29.2 Å². The lowest BCUT2D eigenvalue weighted by atomic mass is 10.1. The second-order valence-electron chi connectivity index (χ2n) is 8.32. The van der Waals surface area contributed by atoms with E-state index >= 15 is 0 Å². The average molecular weight is 577 g/mol.